The highest BCUT2D eigenvalue weighted by Crippen LogP contribution is 2.28. The van der Waals surface area contributed by atoms with Gasteiger partial charge in [0.1, 0.15) is 5.82 Å². The molecule has 2 aromatic carbocycles. The molecule has 23 heavy (non-hydrogen) atoms. The maximum absolute atomic E-state index is 5.69. The van der Waals surface area contributed by atoms with Gasteiger partial charge in [0.25, 0.3) is 0 Å². The summed E-state index contributed by atoms with van der Waals surface area (Å²) >= 11 is 0. The molecule has 118 valence electrons. The van der Waals surface area contributed by atoms with Crippen molar-refractivity contribution in [1.82, 2.24) is 15.2 Å². The average molecular weight is 310 g/mol. The van der Waals surface area contributed by atoms with E-state index in [-0.39, 0.29) is 0 Å². The van der Waals surface area contributed by atoms with Gasteiger partial charge < -0.3 is 15.2 Å². The smallest absolute Gasteiger partial charge is 0.181 e. The zero-order valence-corrected chi connectivity index (χ0v) is 13.0. The molecule has 0 spiro atoms. The standard InChI is InChI=1S/C17H18N4O2/c1-22-14-8-3-11(9-15(14)23-2)10-16-19-17(21-20-16)12-4-6-13(18)7-5-12/h3-9H,10,18H2,1-2H3,(H,19,20,21). The summed E-state index contributed by atoms with van der Waals surface area (Å²) in [5, 5.41) is 7.22. The maximum atomic E-state index is 5.69. The topological polar surface area (TPSA) is 86.0 Å². The van der Waals surface area contributed by atoms with Crippen LogP contribution in [0.15, 0.2) is 42.5 Å². The van der Waals surface area contributed by atoms with Gasteiger partial charge in [-0.3, -0.25) is 5.10 Å². The molecule has 3 aromatic rings. The van der Waals surface area contributed by atoms with E-state index in [0.29, 0.717) is 23.7 Å². The fraction of sp³-hybridized carbons (Fsp3) is 0.176. The molecule has 0 aliphatic carbocycles. The molecule has 6 heteroatoms. The van der Waals surface area contributed by atoms with Gasteiger partial charge in [-0.1, -0.05) is 6.07 Å². The highest BCUT2D eigenvalue weighted by Gasteiger charge is 2.09. The monoisotopic (exact) mass is 310 g/mol. The van der Waals surface area contributed by atoms with Gasteiger partial charge in [-0.15, -0.1) is 0 Å². The molecule has 0 aliphatic heterocycles. The first-order chi connectivity index (χ1) is 11.2. The van der Waals surface area contributed by atoms with Crippen molar-refractivity contribution < 1.29 is 9.47 Å². The SMILES string of the molecule is COc1ccc(Cc2nc(-c3ccc(N)cc3)n[nH]2)cc1OC. The molecule has 0 unspecified atom stereocenters. The molecule has 0 bridgehead atoms. The number of aromatic nitrogens is 3. The Hall–Kier alpha value is -3.02. The zero-order chi connectivity index (χ0) is 16.2. The van der Waals surface area contributed by atoms with Crippen LogP contribution in [0.3, 0.4) is 0 Å². The number of nitrogen functional groups attached to an aromatic ring is 1. The largest absolute Gasteiger partial charge is 0.493 e. The Kier molecular flexibility index (Phi) is 4.14. The lowest BCUT2D eigenvalue weighted by Crippen LogP contribution is -1.95. The van der Waals surface area contributed by atoms with Crippen LogP contribution in [0.5, 0.6) is 11.5 Å². The summed E-state index contributed by atoms with van der Waals surface area (Å²) < 4.78 is 10.6. The lowest BCUT2D eigenvalue weighted by molar-refractivity contribution is 0.354. The molecule has 0 saturated heterocycles. The number of ether oxygens (including phenoxy) is 2. The first-order valence-electron chi connectivity index (χ1n) is 7.17. The van der Waals surface area contributed by atoms with E-state index in [2.05, 4.69) is 15.2 Å². The molecular formula is C17H18N4O2. The molecule has 3 rings (SSSR count). The highest BCUT2D eigenvalue weighted by atomic mass is 16.5. The number of hydrogen-bond donors (Lipinski definition) is 2. The molecule has 0 fully saturated rings. The molecule has 0 radical (unpaired) electrons. The van der Waals surface area contributed by atoms with Crippen molar-refractivity contribution in [2.24, 2.45) is 0 Å². The Morgan fingerprint density at radius 1 is 1.00 bits per heavy atom. The van der Waals surface area contributed by atoms with Crippen LogP contribution in [0.2, 0.25) is 0 Å². The summed E-state index contributed by atoms with van der Waals surface area (Å²) in [6.07, 6.45) is 0.627. The van der Waals surface area contributed by atoms with E-state index in [9.17, 15) is 0 Å². The van der Waals surface area contributed by atoms with Crippen LogP contribution < -0.4 is 15.2 Å². The summed E-state index contributed by atoms with van der Waals surface area (Å²) in [7, 11) is 3.24. The van der Waals surface area contributed by atoms with E-state index < -0.39 is 0 Å². The maximum Gasteiger partial charge on any atom is 0.181 e. The number of H-pyrrole nitrogens is 1. The van der Waals surface area contributed by atoms with Crippen LogP contribution in [0, 0.1) is 0 Å². The molecular weight excluding hydrogens is 292 g/mol. The second kappa shape index (κ2) is 6.39. The normalized spacial score (nSPS) is 10.5. The summed E-state index contributed by atoms with van der Waals surface area (Å²) in [6.45, 7) is 0. The van der Waals surface area contributed by atoms with Gasteiger partial charge in [-0.05, 0) is 42.0 Å². The lowest BCUT2D eigenvalue weighted by atomic mass is 10.1. The van der Waals surface area contributed by atoms with E-state index in [4.69, 9.17) is 15.2 Å². The number of methoxy groups -OCH3 is 2. The van der Waals surface area contributed by atoms with Gasteiger partial charge >= 0.3 is 0 Å². The minimum Gasteiger partial charge on any atom is -0.493 e. The van der Waals surface area contributed by atoms with Crippen LogP contribution in [0.1, 0.15) is 11.4 Å². The molecule has 6 nitrogen and oxygen atoms in total. The molecule has 0 aliphatic rings. The third kappa shape index (κ3) is 3.26. The van der Waals surface area contributed by atoms with Gasteiger partial charge in [0.05, 0.1) is 14.2 Å². The Bertz CT molecular complexity index is 797. The summed E-state index contributed by atoms with van der Waals surface area (Å²) in [4.78, 5) is 4.52. The van der Waals surface area contributed by atoms with E-state index in [0.717, 1.165) is 22.6 Å². The summed E-state index contributed by atoms with van der Waals surface area (Å²) in [5.41, 5.74) is 8.39. The first-order valence-corrected chi connectivity index (χ1v) is 7.17. The van der Waals surface area contributed by atoms with Crippen LogP contribution in [0.4, 0.5) is 5.69 Å². The molecule has 3 N–H and O–H groups in total. The van der Waals surface area contributed by atoms with Gasteiger partial charge in [-0.25, -0.2) is 4.98 Å². The van der Waals surface area contributed by atoms with Gasteiger partial charge in [-0.2, -0.15) is 5.10 Å². The Balaban J connectivity index is 1.80. The van der Waals surface area contributed by atoms with Crippen LogP contribution in [-0.2, 0) is 6.42 Å². The zero-order valence-electron chi connectivity index (χ0n) is 13.0. The number of rotatable bonds is 5. The van der Waals surface area contributed by atoms with Crippen molar-refractivity contribution in [3.8, 4) is 22.9 Å². The van der Waals surface area contributed by atoms with E-state index in [1.54, 1.807) is 14.2 Å². The van der Waals surface area contributed by atoms with Crippen molar-refractivity contribution >= 4 is 5.69 Å². The van der Waals surface area contributed by atoms with E-state index >= 15 is 0 Å². The molecule has 1 aromatic heterocycles. The Morgan fingerprint density at radius 3 is 2.43 bits per heavy atom. The number of anilines is 1. The van der Waals surface area contributed by atoms with E-state index in [1.807, 2.05) is 42.5 Å². The van der Waals surface area contributed by atoms with Crippen molar-refractivity contribution in [1.29, 1.82) is 0 Å². The first kappa shape index (κ1) is 14.9. The predicted molar refractivity (Wildman–Crippen MR) is 88.6 cm³/mol. The average Bonchev–Trinajstić information content (AvgIpc) is 3.04. The van der Waals surface area contributed by atoms with Gasteiger partial charge in [0, 0.05) is 17.7 Å². The predicted octanol–water partition coefficient (Wildman–Crippen LogP) is 2.66. The van der Waals surface area contributed by atoms with Gasteiger partial charge in [0.2, 0.25) is 0 Å². The van der Waals surface area contributed by atoms with Crippen LogP contribution in [-0.4, -0.2) is 29.4 Å². The second-order valence-corrected chi connectivity index (χ2v) is 5.09. The fourth-order valence-corrected chi connectivity index (χ4v) is 2.32. The summed E-state index contributed by atoms with van der Waals surface area (Å²) in [5.74, 6) is 2.84. The Labute approximate surface area is 134 Å². The van der Waals surface area contributed by atoms with Crippen LogP contribution in [0.25, 0.3) is 11.4 Å². The fourth-order valence-electron chi connectivity index (χ4n) is 2.32. The minimum absolute atomic E-state index is 0.627. The highest BCUT2D eigenvalue weighted by molar-refractivity contribution is 5.58. The number of hydrogen-bond acceptors (Lipinski definition) is 5. The molecule has 0 atom stereocenters. The van der Waals surface area contributed by atoms with Crippen molar-refractivity contribution in [2.45, 2.75) is 6.42 Å². The number of nitrogens with zero attached hydrogens (tertiary/aromatic N) is 2. The van der Waals surface area contributed by atoms with Crippen molar-refractivity contribution in [3.63, 3.8) is 0 Å². The van der Waals surface area contributed by atoms with E-state index in [1.165, 1.54) is 0 Å². The van der Waals surface area contributed by atoms with Crippen molar-refractivity contribution in [2.75, 3.05) is 20.0 Å². The summed E-state index contributed by atoms with van der Waals surface area (Å²) in [6, 6.07) is 13.3. The minimum atomic E-state index is 0.627. The van der Waals surface area contributed by atoms with Crippen molar-refractivity contribution in [3.05, 3.63) is 53.9 Å². The third-order valence-corrected chi connectivity index (χ3v) is 3.52. The van der Waals surface area contributed by atoms with Crippen LogP contribution >= 0.6 is 0 Å². The molecule has 0 amide bonds. The number of nitrogens with two attached hydrogens (primary N) is 1. The molecule has 1 heterocycles. The molecule has 0 saturated carbocycles. The lowest BCUT2D eigenvalue weighted by Gasteiger charge is -2.08. The Morgan fingerprint density at radius 2 is 1.74 bits per heavy atom. The van der Waals surface area contributed by atoms with Gasteiger partial charge in [0.15, 0.2) is 17.3 Å². The quantitative estimate of drug-likeness (QED) is 0.708. The second-order valence-electron chi connectivity index (χ2n) is 5.09. The number of nitrogens with one attached hydrogen (secondary N) is 1. The third-order valence-electron chi connectivity index (χ3n) is 3.52. The number of aromatic amines is 1. The number of benzene rings is 2.